The predicted molar refractivity (Wildman–Crippen MR) is 104 cm³/mol. The van der Waals surface area contributed by atoms with Crippen LogP contribution < -0.4 is 4.90 Å². The summed E-state index contributed by atoms with van der Waals surface area (Å²) in [6.07, 6.45) is 1.12. The first-order valence-electron chi connectivity index (χ1n) is 9.22. The molecule has 0 aliphatic carbocycles. The number of nitrogens with zero attached hydrogens (tertiary/aromatic N) is 3. The average Bonchev–Trinajstić information content (AvgIpc) is 2.65. The Balaban J connectivity index is 1.51. The summed E-state index contributed by atoms with van der Waals surface area (Å²) in [7, 11) is 2.08. The van der Waals surface area contributed by atoms with Gasteiger partial charge in [0.2, 0.25) is 0 Å². The van der Waals surface area contributed by atoms with Crippen LogP contribution in [0.3, 0.4) is 0 Å². The molecule has 2 aliphatic rings. The number of ether oxygens (including phenoxy) is 1. The van der Waals surface area contributed by atoms with Gasteiger partial charge in [-0.25, -0.2) is 0 Å². The van der Waals surface area contributed by atoms with Crippen LogP contribution in [0.5, 0.6) is 0 Å². The van der Waals surface area contributed by atoms with Crippen molar-refractivity contribution in [3.8, 4) is 6.07 Å². The van der Waals surface area contributed by atoms with Crippen LogP contribution in [0.15, 0.2) is 42.5 Å². The number of hydrogen-bond donors (Lipinski definition) is 0. The summed E-state index contributed by atoms with van der Waals surface area (Å²) in [4.78, 5) is 4.75. The maximum atomic E-state index is 8.97. The van der Waals surface area contributed by atoms with E-state index in [1.54, 1.807) is 0 Å². The van der Waals surface area contributed by atoms with Gasteiger partial charge < -0.3 is 9.64 Å². The molecule has 0 bridgehead atoms. The van der Waals surface area contributed by atoms with Crippen LogP contribution in [-0.2, 0) is 17.7 Å². The van der Waals surface area contributed by atoms with E-state index >= 15 is 0 Å². The third-order valence-electron chi connectivity index (χ3n) is 5.56. The second-order valence-electron chi connectivity index (χ2n) is 7.93. The van der Waals surface area contributed by atoms with Crippen molar-refractivity contribution in [2.45, 2.75) is 19.9 Å². The summed E-state index contributed by atoms with van der Waals surface area (Å²) in [5.74, 6) is 0. The molecular formula is C22H25N3O. The van der Waals surface area contributed by atoms with Crippen LogP contribution in [-0.4, -0.2) is 38.3 Å². The van der Waals surface area contributed by atoms with Gasteiger partial charge in [-0.1, -0.05) is 13.0 Å². The fourth-order valence-corrected chi connectivity index (χ4v) is 3.94. The van der Waals surface area contributed by atoms with E-state index in [1.807, 2.05) is 24.3 Å². The van der Waals surface area contributed by atoms with E-state index < -0.39 is 0 Å². The first-order valence-corrected chi connectivity index (χ1v) is 9.22. The normalized spacial score (nSPS) is 18.5. The molecule has 2 aliphatic heterocycles. The highest BCUT2D eigenvalue weighted by Crippen LogP contribution is 2.32. The quantitative estimate of drug-likeness (QED) is 0.845. The van der Waals surface area contributed by atoms with Crippen molar-refractivity contribution < 1.29 is 4.74 Å². The van der Waals surface area contributed by atoms with Gasteiger partial charge >= 0.3 is 0 Å². The van der Waals surface area contributed by atoms with E-state index in [0.717, 1.165) is 45.0 Å². The molecular weight excluding hydrogens is 322 g/mol. The Morgan fingerprint density at radius 3 is 2.50 bits per heavy atom. The molecule has 0 atom stereocenters. The predicted octanol–water partition coefficient (Wildman–Crippen LogP) is 3.72. The molecule has 2 heterocycles. The van der Waals surface area contributed by atoms with Crippen LogP contribution in [0.2, 0.25) is 0 Å². The molecule has 1 fully saturated rings. The minimum absolute atomic E-state index is 0.328. The zero-order valence-corrected chi connectivity index (χ0v) is 15.5. The SMILES string of the molecule is CN(c1ccc(C#N)cc1)c1ccc2c(c1)CN(CC1(C)COC1)CC2. The highest BCUT2D eigenvalue weighted by Gasteiger charge is 2.35. The van der Waals surface area contributed by atoms with Gasteiger partial charge in [0.25, 0.3) is 0 Å². The van der Waals surface area contributed by atoms with Gasteiger partial charge in [-0.2, -0.15) is 5.26 Å². The molecule has 2 aromatic rings. The fraction of sp³-hybridized carbons (Fsp3) is 0.409. The Morgan fingerprint density at radius 2 is 1.85 bits per heavy atom. The van der Waals surface area contributed by atoms with Crippen molar-refractivity contribution in [1.29, 1.82) is 5.26 Å². The maximum absolute atomic E-state index is 8.97. The molecule has 0 unspecified atom stereocenters. The molecule has 0 aromatic heterocycles. The Hall–Kier alpha value is -2.35. The smallest absolute Gasteiger partial charge is 0.0991 e. The summed E-state index contributed by atoms with van der Waals surface area (Å²) >= 11 is 0. The number of benzene rings is 2. The molecule has 0 N–H and O–H groups in total. The van der Waals surface area contributed by atoms with Crippen molar-refractivity contribution in [2.75, 3.05) is 38.3 Å². The molecule has 0 saturated carbocycles. The van der Waals surface area contributed by atoms with Crippen LogP contribution in [0.25, 0.3) is 0 Å². The van der Waals surface area contributed by atoms with Crippen molar-refractivity contribution in [3.63, 3.8) is 0 Å². The monoisotopic (exact) mass is 347 g/mol. The molecule has 0 spiro atoms. The Morgan fingerprint density at radius 1 is 1.12 bits per heavy atom. The largest absolute Gasteiger partial charge is 0.380 e. The van der Waals surface area contributed by atoms with Gasteiger partial charge in [-0.15, -0.1) is 0 Å². The number of rotatable bonds is 4. The zero-order valence-electron chi connectivity index (χ0n) is 15.5. The number of anilines is 2. The lowest BCUT2D eigenvalue weighted by Gasteiger charge is -2.43. The minimum Gasteiger partial charge on any atom is -0.380 e. The third-order valence-corrected chi connectivity index (χ3v) is 5.56. The Bertz CT molecular complexity index is 833. The summed E-state index contributed by atoms with van der Waals surface area (Å²) < 4.78 is 5.41. The lowest BCUT2D eigenvalue weighted by Crippen LogP contribution is -2.49. The molecule has 2 aromatic carbocycles. The lowest BCUT2D eigenvalue weighted by atomic mass is 9.87. The van der Waals surface area contributed by atoms with Crippen molar-refractivity contribution in [3.05, 3.63) is 59.2 Å². The number of fused-ring (bicyclic) bond motifs is 1. The van der Waals surface area contributed by atoms with E-state index in [2.05, 4.69) is 48.0 Å². The van der Waals surface area contributed by atoms with Crippen LogP contribution >= 0.6 is 0 Å². The summed E-state index contributed by atoms with van der Waals surface area (Å²) in [6.45, 7) is 7.35. The number of nitriles is 1. The summed E-state index contributed by atoms with van der Waals surface area (Å²) in [6, 6.07) is 16.7. The first-order chi connectivity index (χ1) is 12.6. The van der Waals surface area contributed by atoms with Crippen LogP contribution in [0, 0.1) is 16.7 Å². The zero-order chi connectivity index (χ0) is 18.1. The van der Waals surface area contributed by atoms with E-state index in [9.17, 15) is 0 Å². The van der Waals surface area contributed by atoms with Crippen LogP contribution in [0.1, 0.15) is 23.6 Å². The molecule has 134 valence electrons. The molecule has 4 nitrogen and oxygen atoms in total. The Labute approximate surface area is 155 Å². The van der Waals surface area contributed by atoms with Crippen LogP contribution in [0.4, 0.5) is 11.4 Å². The lowest BCUT2D eigenvalue weighted by molar-refractivity contribution is -0.116. The highest BCUT2D eigenvalue weighted by molar-refractivity contribution is 5.64. The minimum atomic E-state index is 0.328. The van der Waals surface area contributed by atoms with Gasteiger partial charge in [0.1, 0.15) is 0 Å². The molecule has 0 amide bonds. The van der Waals surface area contributed by atoms with Gasteiger partial charge in [-0.05, 0) is 53.9 Å². The molecule has 0 radical (unpaired) electrons. The second kappa shape index (κ2) is 6.75. The standard InChI is InChI=1S/C22H25N3O/c1-22(15-26-16-22)14-25-10-9-18-5-8-21(11-19(18)13-25)24(2)20-6-3-17(12-23)4-7-20/h3-8,11H,9-10,13-16H2,1-2H3. The van der Waals surface area contributed by atoms with E-state index in [4.69, 9.17) is 10.00 Å². The molecule has 4 rings (SSSR count). The topological polar surface area (TPSA) is 39.5 Å². The average molecular weight is 347 g/mol. The van der Waals surface area contributed by atoms with E-state index in [1.165, 1.54) is 16.8 Å². The van der Waals surface area contributed by atoms with Gasteiger partial charge in [-0.3, -0.25) is 4.90 Å². The third kappa shape index (κ3) is 3.33. The van der Waals surface area contributed by atoms with Crippen molar-refractivity contribution in [2.24, 2.45) is 5.41 Å². The van der Waals surface area contributed by atoms with E-state index in [0.29, 0.717) is 11.0 Å². The summed E-state index contributed by atoms with van der Waals surface area (Å²) in [5.41, 5.74) is 6.20. The van der Waals surface area contributed by atoms with Crippen molar-refractivity contribution in [1.82, 2.24) is 4.90 Å². The Kier molecular flexibility index (Phi) is 4.44. The molecule has 4 heteroatoms. The molecule has 1 saturated heterocycles. The van der Waals surface area contributed by atoms with E-state index in [-0.39, 0.29) is 0 Å². The van der Waals surface area contributed by atoms with Gasteiger partial charge in [0, 0.05) is 43.5 Å². The second-order valence-corrected chi connectivity index (χ2v) is 7.93. The molecule has 26 heavy (non-hydrogen) atoms. The number of hydrogen-bond acceptors (Lipinski definition) is 4. The van der Waals surface area contributed by atoms with Gasteiger partial charge in [0.05, 0.1) is 24.8 Å². The van der Waals surface area contributed by atoms with Gasteiger partial charge in [0.15, 0.2) is 0 Å². The summed E-state index contributed by atoms with van der Waals surface area (Å²) in [5, 5.41) is 8.97. The fourth-order valence-electron chi connectivity index (χ4n) is 3.94. The maximum Gasteiger partial charge on any atom is 0.0991 e. The highest BCUT2D eigenvalue weighted by atomic mass is 16.5. The first kappa shape index (κ1) is 17.1. The van der Waals surface area contributed by atoms with Crippen molar-refractivity contribution >= 4 is 11.4 Å².